The third-order valence-electron chi connectivity index (χ3n) is 3.25. The van der Waals surface area contributed by atoms with Crippen molar-refractivity contribution in [3.05, 3.63) is 64.5 Å². The first-order valence-electron chi connectivity index (χ1n) is 7.76. The van der Waals surface area contributed by atoms with Gasteiger partial charge in [0.05, 0.1) is 17.4 Å². The molecule has 0 aliphatic carbocycles. The van der Waals surface area contributed by atoms with Crippen LogP contribution in [0.25, 0.3) is 0 Å². The molecule has 0 saturated heterocycles. The van der Waals surface area contributed by atoms with Crippen LogP contribution in [0.3, 0.4) is 0 Å². The molecule has 0 spiro atoms. The minimum atomic E-state index is -0.170. The van der Waals surface area contributed by atoms with E-state index in [1.54, 1.807) is 36.4 Å². The molecule has 7 nitrogen and oxygen atoms in total. The van der Waals surface area contributed by atoms with Crippen molar-refractivity contribution in [1.82, 2.24) is 10.2 Å². The maximum absolute atomic E-state index is 12.0. The molecular formula is C18H13BrN4O3S. The van der Waals surface area contributed by atoms with Gasteiger partial charge in [0.15, 0.2) is 6.61 Å². The number of rotatable bonds is 7. The Labute approximate surface area is 167 Å². The Bertz CT molecular complexity index is 952. The summed E-state index contributed by atoms with van der Waals surface area (Å²) in [6, 6.07) is 16.0. The zero-order chi connectivity index (χ0) is 19.1. The number of anilines is 1. The van der Waals surface area contributed by atoms with Gasteiger partial charge in [-0.2, -0.15) is 5.26 Å². The van der Waals surface area contributed by atoms with Crippen LogP contribution in [-0.4, -0.2) is 21.9 Å². The number of halogens is 1. The lowest BCUT2D eigenvalue weighted by atomic mass is 10.2. The van der Waals surface area contributed by atoms with E-state index >= 15 is 0 Å². The lowest BCUT2D eigenvalue weighted by Gasteiger charge is -2.03. The molecule has 0 bridgehead atoms. The van der Waals surface area contributed by atoms with Gasteiger partial charge in [-0.15, -0.1) is 10.2 Å². The van der Waals surface area contributed by atoms with Crippen LogP contribution in [0.4, 0.5) is 5.69 Å². The van der Waals surface area contributed by atoms with Crippen molar-refractivity contribution < 1.29 is 13.9 Å². The van der Waals surface area contributed by atoms with Crippen molar-refractivity contribution in [2.75, 3.05) is 11.1 Å². The van der Waals surface area contributed by atoms with Gasteiger partial charge in [-0.25, -0.2) is 0 Å². The van der Waals surface area contributed by atoms with Crippen molar-refractivity contribution >= 4 is 39.3 Å². The minimum Gasteiger partial charge on any atom is -0.484 e. The standard InChI is InChI=1S/C18H13BrN4O3S/c19-13-3-5-14(6-4-13)21-16(24)11-27-18-23-22-17(26-18)10-25-15-7-1-12(9-20)2-8-15/h1-8H,10-11H2,(H,21,24). The topological polar surface area (TPSA) is 101 Å². The normalized spacial score (nSPS) is 10.2. The zero-order valence-electron chi connectivity index (χ0n) is 13.9. The van der Waals surface area contributed by atoms with Gasteiger partial charge in [0, 0.05) is 10.2 Å². The number of carbonyl (C=O) groups is 1. The Hall–Kier alpha value is -2.83. The van der Waals surface area contributed by atoms with E-state index in [9.17, 15) is 4.79 Å². The van der Waals surface area contributed by atoms with Gasteiger partial charge in [0.2, 0.25) is 5.91 Å². The van der Waals surface area contributed by atoms with Crippen LogP contribution in [0.15, 0.2) is 62.6 Å². The van der Waals surface area contributed by atoms with Crippen LogP contribution < -0.4 is 10.1 Å². The molecule has 27 heavy (non-hydrogen) atoms. The van der Waals surface area contributed by atoms with E-state index in [1.807, 2.05) is 18.2 Å². The van der Waals surface area contributed by atoms with E-state index in [4.69, 9.17) is 14.4 Å². The average molecular weight is 445 g/mol. The molecule has 1 N–H and O–H groups in total. The fourth-order valence-corrected chi connectivity index (χ4v) is 2.83. The Balaban J connectivity index is 1.45. The van der Waals surface area contributed by atoms with Crippen molar-refractivity contribution in [2.45, 2.75) is 11.8 Å². The van der Waals surface area contributed by atoms with Crippen LogP contribution in [0.5, 0.6) is 5.75 Å². The van der Waals surface area contributed by atoms with E-state index in [0.717, 1.165) is 16.2 Å². The Morgan fingerprint density at radius 3 is 2.63 bits per heavy atom. The first-order valence-corrected chi connectivity index (χ1v) is 9.54. The predicted molar refractivity (Wildman–Crippen MR) is 103 cm³/mol. The SMILES string of the molecule is N#Cc1ccc(OCc2nnc(SCC(=O)Nc3ccc(Br)cc3)o2)cc1. The highest BCUT2D eigenvalue weighted by Crippen LogP contribution is 2.19. The van der Waals surface area contributed by atoms with Crippen molar-refractivity contribution in [2.24, 2.45) is 0 Å². The molecule has 0 aliphatic heterocycles. The number of thioether (sulfide) groups is 1. The van der Waals surface area contributed by atoms with E-state index in [2.05, 4.69) is 31.4 Å². The van der Waals surface area contributed by atoms with E-state index in [0.29, 0.717) is 28.1 Å². The third kappa shape index (κ3) is 5.84. The maximum Gasteiger partial charge on any atom is 0.277 e. The highest BCUT2D eigenvalue weighted by atomic mass is 79.9. The molecule has 136 valence electrons. The summed E-state index contributed by atoms with van der Waals surface area (Å²) >= 11 is 4.49. The number of nitrogens with one attached hydrogen (secondary N) is 1. The van der Waals surface area contributed by atoms with Gasteiger partial charge in [0.25, 0.3) is 11.1 Å². The third-order valence-corrected chi connectivity index (χ3v) is 4.60. The van der Waals surface area contributed by atoms with Gasteiger partial charge in [-0.3, -0.25) is 4.79 Å². The highest BCUT2D eigenvalue weighted by molar-refractivity contribution is 9.10. The molecule has 3 aromatic rings. The Kier molecular flexibility index (Phi) is 6.46. The van der Waals surface area contributed by atoms with E-state index in [1.165, 1.54) is 0 Å². The largest absolute Gasteiger partial charge is 0.484 e. The number of carbonyl (C=O) groups excluding carboxylic acids is 1. The van der Waals surface area contributed by atoms with Crippen LogP contribution >= 0.6 is 27.7 Å². The molecule has 0 saturated carbocycles. The van der Waals surface area contributed by atoms with Gasteiger partial charge >= 0.3 is 0 Å². The summed E-state index contributed by atoms with van der Waals surface area (Å²) < 4.78 is 11.9. The first-order chi connectivity index (χ1) is 13.1. The zero-order valence-corrected chi connectivity index (χ0v) is 16.3. The summed E-state index contributed by atoms with van der Waals surface area (Å²) in [5.41, 5.74) is 1.27. The van der Waals surface area contributed by atoms with Gasteiger partial charge in [-0.1, -0.05) is 27.7 Å². The molecule has 0 radical (unpaired) electrons. The molecular weight excluding hydrogens is 432 g/mol. The number of nitriles is 1. The fraction of sp³-hybridized carbons (Fsp3) is 0.111. The number of hydrogen-bond acceptors (Lipinski definition) is 7. The number of benzene rings is 2. The van der Waals surface area contributed by atoms with Crippen LogP contribution in [0.2, 0.25) is 0 Å². The molecule has 0 atom stereocenters. The number of nitrogens with zero attached hydrogens (tertiary/aromatic N) is 3. The summed E-state index contributed by atoms with van der Waals surface area (Å²) in [4.78, 5) is 12.0. The lowest BCUT2D eigenvalue weighted by Crippen LogP contribution is -2.13. The molecule has 1 heterocycles. The smallest absolute Gasteiger partial charge is 0.277 e. The molecule has 1 aromatic heterocycles. The lowest BCUT2D eigenvalue weighted by molar-refractivity contribution is -0.113. The van der Waals surface area contributed by atoms with E-state index < -0.39 is 0 Å². The number of aromatic nitrogens is 2. The van der Waals surface area contributed by atoms with Crippen LogP contribution in [-0.2, 0) is 11.4 Å². The predicted octanol–water partition coefficient (Wildman–Crippen LogP) is 4.01. The summed E-state index contributed by atoms with van der Waals surface area (Å²) in [5.74, 6) is 0.870. The second-order valence-electron chi connectivity index (χ2n) is 5.23. The van der Waals surface area contributed by atoms with Gasteiger partial charge < -0.3 is 14.5 Å². The minimum absolute atomic E-state index is 0.102. The van der Waals surface area contributed by atoms with Crippen molar-refractivity contribution in [3.8, 4) is 11.8 Å². The second-order valence-corrected chi connectivity index (χ2v) is 7.07. The highest BCUT2D eigenvalue weighted by Gasteiger charge is 2.10. The number of amides is 1. The quantitative estimate of drug-likeness (QED) is 0.549. The van der Waals surface area contributed by atoms with E-state index in [-0.39, 0.29) is 18.3 Å². The molecule has 0 aliphatic rings. The summed E-state index contributed by atoms with van der Waals surface area (Å²) in [6.45, 7) is 0.102. The Morgan fingerprint density at radius 2 is 1.93 bits per heavy atom. The fourth-order valence-electron chi connectivity index (χ4n) is 1.98. The number of hydrogen-bond donors (Lipinski definition) is 1. The summed E-state index contributed by atoms with van der Waals surface area (Å²) in [7, 11) is 0. The van der Waals surface area contributed by atoms with Crippen molar-refractivity contribution in [3.63, 3.8) is 0 Å². The Morgan fingerprint density at radius 1 is 1.19 bits per heavy atom. The first kappa shape index (κ1) is 18.9. The summed E-state index contributed by atoms with van der Waals surface area (Å²) in [5, 5.41) is 19.6. The molecule has 3 rings (SSSR count). The summed E-state index contributed by atoms with van der Waals surface area (Å²) in [6.07, 6.45) is 0. The monoisotopic (exact) mass is 444 g/mol. The molecule has 0 fully saturated rings. The van der Waals surface area contributed by atoms with Gasteiger partial charge in [-0.05, 0) is 48.5 Å². The van der Waals surface area contributed by atoms with Crippen LogP contribution in [0.1, 0.15) is 11.5 Å². The molecule has 9 heteroatoms. The second kappa shape index (κ2) is 9.21. The van der Waals surface area contributed by atoms with Crippen LogP contribution in [0, 0.1) is 11.3 Å². The maximum atomic E-state index is 12.0. The average Bonchev–Trinajstić information content (AvgIpc) is 3.15. The molecule has 1 amide bonds. The van der Waals surface area contributed by atoms with Gasteiger partial charge in [0.1, 0.15) is 5.75 Å². The van der Waals surface area contributed by atoms with Crippen molar-refractivity contribution in [1.29, 1.82) is 5.26 Å². The molecule has 0 unspecified atom stereocenters. The molecule has 2 aromatic carbocycles. The number of ether oxygens (including phenoxy) is 1.